The molecule has 86 heavy (non-hydrogen) atoms. The zero-order chi connectivity index (χ0) is 56.1. The standard InChI is InChI=1S/C78H48B2N4O2/c1-11-33-61-49(23-1)50-24-2-12-34-62(50)81(61)69-41-21-42-70(82-63-35-13-3-25-51(63)52-26-4-14-36-64(52)82)77(69)79-57-31-9-19-45-73(57)85-75-48-60-76(47-59(75)79)86-74-46-20-10-32-58(74)80(60)78-71(83-65-37-15-5-27-53(65)54-28-6-16-38-66(54)83)43-22-44-72(78)84-67-39-17-7-29-55(67)56-30-8-18-40-68(56)84/h1-48H. The highest BCUT2D eigenvalue weighted by molar-refractivity contribution is 7.00. The van der Waals surface area contributed by atoms with Crippen molar-refractivity contribution in [2.75, 3.05) is 0 Å². The molecule has 0 radical (unpaired) electrons. The Morgan fingerprint density at radius 2 is 0.419 bits per heavy atom. The molecule has 8 heteroatoms. The van der Waals surface area contributed by atoms with Gasteiger partial charge in [0.1, 0.15) is 23.0 Å². The fourth-order valence-corrected chi connectivity index (χ4v) is 15.2. The van der Waals surface area contributed by atoms with Crippen LogP contribution in [-0.2, 0) is 0 Å². The molecule has 398 valence electrons. The fourth-order valence-electron chi connectivity index (χ4n) is 15.2. The lowest BCUT2D eigenvalue weighted by molar-refractivity contribution is 0.476. The van der Waals surface area contributed by atoms with E-state index in [0.29, 0.717) is 0 Å². The first kappa shape index (κ1) is 47.3. The van der Waals surface area contributed by atoms with Gasteiger partial charge in [-0.25, -0.2) is 0 Å². The van der Waals surface area contributed by atoms with Gasteiger partial charge in [0.05, 0.1) is 44.1 Å². The van der Waals surface area contributed by atoms with Gasteiger partial charge in [-0.3, -0.25) is 0 Å². The molecule has 19 rings (SSSR count). The van der Waals surface area contributed by atoms with Crippen LogP contribution in [0.5, 0.6) is 23.0 Å². The summed E-state index contributed by atoms with van der Waals surface area (Å²) >= 11 is 0. The molecule has 0 spiro atoms. The van der Waals surface area contributed by atoms with E-state index >= 15 is 0 Å². The van der Waals surface area contributed by atoms with E-state index in [9.17, 15) is 0 Å². The molecule has 0 saturated heterocycles. The molecule has 2 aliphatic rings. The van der Waals surface area contributed by atoms with Gasteiger partial charge in [-0.05, 0) is 130 Å². The van der Waals surface area contributed by atoms with E-state index in [1.165, 1.54) is 43.1 Å². The number of para-hydroxylation sites is 10. The van der Waals surface area contributed by atoms with Crippen LogP contribution < -0.4 is 42.3 Å². The summed E-state index contributed by atoms with van der Waals surface area (Å²) < 4.78 is 24.9. The van der Waals surface area contributed by atoms with Gasteiger partial charge < -0.3 is 27.7 Å². The lowest BCUT2D eigenvalue weighted by Gasteiger charge is -2.34. The highest BCUT2D eigenvalue weighted by Crippen LogP contribution is 2.40. The highest BCUT2D eigenvalue weighted by atomic mass is 16.5. The molecule has 0 saturated carbocycles. The summed E-state index contributed by atoms with van der Waals surface area (Å²) in [6, 6.07) is 107. The third-order valence-corrected chi connectivity index (χ3v) is 18.6. The molecule has 2 aliphatic heterocycles. The molecule has 0 fully saturated rings. The minimum absolute atomic E-state index is 0.344. The molecule has 0 N–H and O–H groups in total. The van der Waals surface area contributed by atoms with Gasteiger partial charge in [0.25, 0.3) is 13.4 Å². The molecule has 0 aliphatic carbocycles. The van der Waals surface area contributed by atoms with Gasteiger partial charge in [0.2, 0.25) is 0 Å². The van der Waals surface area contributed by atoms with Crippen LogP contribution in [0.2, 0.25) is 0 Å². The monoisotopic (exact) mass is 1090 g/mol. The molecule has 17 aromatic rings. The first-order valence-electron chi connectivity index (χ1n) is 29.6. The predicted octanol–water partition coefficient (Wildman–Crippen LogP) is 15.3. The summed E-state index contributed by atoms with van der Waals surface area (Å²) in [5.41, 5.74) is 20.0. The zero-order valence-electron chi connectivity index (χ0n) is 46.5. The first-order valence-corrected chi connectivity index (χ1v) is 29.6. The van der Waals surface area contributed by atoms with E-state index in [0.717, 1.165) is 123 Å². The lowest BCUT2D eigenvalue weighted by Crippen LogP contribution is -2.60. The van der Waals surface area contributed by atoms with Crippen LogP contribution in [0, 0.1) is 0 Å². The molecule has 0 amide bonds. The summed E-state index contributed by atoms with van der Waals surface area (Å²) in [6.07, 6.45) is 0. The number of hydrogen-bond donors (Lipinski definition) is 0. The number of fused-ring (bicyclic) bond motifs is 16. The normalized spacial score (nSPS) is 12.8. The topological polar surface area (TPSA) is 38.2 Å². The number of benzene rings is 13. The van der Waals surface area contributed by atoms with Crippen molar-refractivity contribution in [3.05, 3.63) is 291 Å². The molecular weight excluding hydrogens is 1050 g/mol. The maximum atomic E-state index is 7.47. The number of aromatic nitrogens is 4. The highest BCUT2D eigenvalue weighted by Gasteiger charge is 2.43. The molecule has 13 aromatic carbocycles. The predicted molar refractivity (Wildman–Crippen MR) is 359 cm³/mol. The lowest BCUT2D eigenvalue weighted by atomic mass is 9.33. The average Bonchev–Trinajstić information content (AvgIpc) is 1.59. The van der Waals surface area contributed by atoms with Crippen molar-refractivity contribution < 1.29 is 9.47 Å². The molecule has 6 nitrogen and oxygen atoms in total. The van der Waals surface area contributed by atoms with Gasteiger partial charge >= 0.3 is 0 Å². The third kappa shape index (κ3) is 6.58. The Morgan fingerprint density at radius 3 is 0.674 bits per heavy atom. The van der Waals surface area contributed by atoms with Crippen molar-refractivity contribution >= 4 is 133 Å². The zero-order valence-corrected chi connectivity index (χ0v) is 46.5. The van der Waals surface area contributed by atoms with Crippen LogP contribution in [0.15, 0.2) is 291 Å². The number of hydrogen-bond acceptors (Lipinski definition) is 2. The van der Waals surface area contributed by atoms with E-state index in [1.807, 2.05) is 0 Å². The molecule has 0 atom stereocenters. The Hall–Kier alpha value is -11.2. The van der Waals surface area contributed by atoms with Gasteiger partial charge in [0, 0.05) is 65.8 Å². The van der Waals surface area contributed by atoms with E-state index < -0.39 is 0 Å². The van der Waals surface area contributed by atoms with E-state index in [-0.39, 0.29) is 13.4 Å². The quantitative estimate of drug-likeness (QED) is 0.156. The van der Waals surface area contributed by atoms with Crippen LogP contribution in [-0.4, -0.2) is 31.7 Å². The Bertz CT molecular complexity index is 4900. The summed E-state index contributed by atoms with van der Waals surface area (Å²) in [7, 11) is 0. The van der Waals surface area contributed by atoms with Crippen molar-refractivity contribution in [3.8, 4) is 45.7 Å². The summed E-state index contributed by atoms with van der Waals surface area (Å²) in [5, 5.41) is 9.65. The largest absolute Gasteiger partial charge is 0.458 e. The van der Waals surface area contributed by atoms with Crippen molar-refractivity contribution in [1.82, 2.24) is 18.3 Å². The van der Waals surface area contributed by atoms with Gasteiger partial charge in [-0.2, -0.15) is 0 Å². The fraction of sp³-hybridized carbons (Fsp3) is 0. The minimum atomic E-state index is -0.344. The molecule has 0 unspecified atom stereocenters. The van der Waals surface area contributed by atoms with Crippen LogP contribution >= 0.6 is 0 Å². The second-order valence-corrected chi connectivity index (χ2v) is 23.0. The Balaban J connectivity index is 0.930. The van der Waals surface area contributed by atoms with Crippen LogP contribution in [0.1, 0.15) is 0 Å². The maximum absolute atomic E-state index is 7.47. The summed E-state index contributed by atoms with van der Waals surface area (Å²) in [6.45, 7) is -0.688. The Kier molecular flexibility index (Phi) is 9.98. The second-order valence-electron chi connectivity index (χ2n) is 23.0. The Morgan fingerprint density at radius 1 is 0.198 bits per heavy atom. The van der Waals surface area contributed by atoms with E-state index in [1.54, 1.807) is 0 Å². The van der Waals surface area contributed by atoms with E-state index in [2.05, 4.69) is 309 Å². The molecule has 4 aromatic heterocycles. The van der Waals surface area contributed by atoms with Gasteiger partial charge in [0.15, 0.2) is 0 Å². The van der Waals surface area contributed by atoms with Crippen LogP contribution in [0.3, 0.4) is 0 Å². The number of nitrogens with zero attached hydrogens (tertiary/aromatic N) is 4. The number of rotatable bonds is 6. The van der Waals surface area contributed by atoms with Gasteiger partial charge in [-0.1, -0.05) is 194 Å². The summed E-state index contributed by atoms with van der Waals surface area (Å²) in [4.78, 5) is 0. The number of ether oxygens (including phenoxy) is 2. The van der Waals surface area contributed by atoms with Crippen molar-refractivity contribution in [3.63, 3.8) is 0 Å². The van der Waals surface area contributed by atoms with E-state index in [4.69, 9.17) is 9.47 Å². The van der Waals surface area contributed by atoms with Crippen molar-refractivity contribution in [1.29, 1.82) is 0 Å². The SMILES string of the molecule is c1ccc2c(c1)Oc1cc3c(cc1B2c1c(-n2c4ccccc4c4ccccc42)cccc1-n1c2ccccc2c2ccccc21)Oc1ccccc1B3c1c(-n2c3ccccc3c3ccccc32)cccc1-n1c2ccccc2c2ccccc21. The minimum Gasteiger partial charge on any atom is -0.458 e. The molecule has 6 heterocycles. The smallest absolute Gasteiger partial charge is 0.256 e. The van der Waals surface area contributed by atoms with Crippen molar-refractivity contribution in [2.45, 2.75) is 0 Å². The van der Waals surface area contributed by atoms with Crippen LogP contribution in [0.4, 0.5) is 0 Å². The van der Waals surface area contributed by atoms with Crippen molar-refractivity contribution in [2.24, 2.45) is 0 Å². The Labute approximate surface area is 495 Å². The summed E-state index contributed by atoms with van der Waals surface area (Å²) in [5.74, 6) is 3.22. The van der Waals surface area contributed by atoms with Crippen LogP contribution in [0.25, 0.3) is 110 Å². The third-order valence-electron chi connectivity index (χ3n) is 18.6. The second kappa shape index (κ2) is 18.1. The molecule has 0 bridgehead atoms. The maximum Gasteiger partial charge on any atom is 0.256 e. The first-order chi connectivity index (χ1) is 42.7. The molecular formula is C78H48B2N4O2. The average molecular weight is 1090 g/mol. The van der Waals surface area contributed by atoms with Gasteiger partial charge in [-0.15, -0.1) is 0 Å².